The molecule has 0 saturated heterocycles. The van der Waals surface area contributed by atoms with Crippen LogP contribution in [0.2, 0.25) is 0 Å². The molecule has 0 amide bonds. The molecule has 1 aromatic heterocycles. The SMILES string of the molecule is O=S(=O)(Cl)c1cn(S(=O)(=O)c2ccccc2)c2cc(OC(F)C(F)F)ccc12. The Morgan fingerprint density at radius 3 is 2.18 bits per heavy atom. The van der Waals surface area contributed by atoms with Gasteiger partial charge in [0.2, 0.25) is 0 Å². The van der Waals surface area contributed by atoms with E-state index in [1.807, 2.05) is 0 Å². The zero-order valence-electron chi connectivity index (χ0n) is 13.7. The first kappa shape index (κ1) is 20.5. The van der Waals surface area contributed by atoms with Gasteiger partial charge in [-0.25, -0.2) is 29.6 Å². The highest BCUT2D eigenvalue weighted by Crippen LogP contribution is 2.33. The van der Waals surface area contributed by atoms with Gasteiger partial charge >= 0.3 is 6.43 Å². The largest absolute Gasteiger partial charge is 0.454 e. The van der Waals surface area contributed by atoms with Gasteiger partial charge in [0, 0.05) is 28.3 Å². The van der Waals surface area contributed by atoms with Crippen LogP contribution in [0.1, 0.15) is 0 Å². The van der Waals surface area contributed by atoms with Crippen molar-refractivity contribution in [3.05, 3.63) is 54.7 Å². The second kappa shape index (κ2) is 7.30. The summed E-state index contributed by atoms with van der Waals surface area (Å²) in [5.41, 5.74) is -0.234. The Kier molecular flexibility index (Phi) is 5.34. The highest BCUT2D eigenvalue weighted by atomic mass is 35.7. The van der Waals surface area contributed by atoms with Crippen molar-refractivity contribution >= 4 is 40.7 Å². The van der Waals surface area contributed by atoms with Gasteiger partial charge in [0.15, 0.2) is 0 Å². The van der Waals surface area contributed by atoms with Crippen molar-refractivity contribution in [3.8, 4) is 5.75 Å². The van der Waals surface area contributed by atoms with Crippen molar-refractivity contribution in [2.45, 2.75) is 22.6 Å². The van der Waals surface area contributed by atoms with E-state index in [4.69, 9.17) is 10.7 Å². The summed E-state index contributed by atoms with van der Waals surface area (Å²) in [5, 5.41) is -0.102. The Labute approximate surface area is 162 Å². The molecule has 12 heteroatoms. The Hall–Kier alpha value is -2.24. The van der Waals surface area contributed by atoms with Crippen molar-refractivity contribution in [3.63, 3.8) is 0 Å². The molecule has 0 saturated carbocycles. The molecule has 0 radical (unpaired) electrons. The Bertz CT molecular complexity index is 1230. The van der Waals surface area contributed by atoms with E-state index in [0.717, 1.165) is 24.4 Å². The molecule has 0 aliphatic heterocycles. The summed E-state index contributed by atoms with van der Waals surface area (Å²) in [6.07, 6.45) is -5.57. The van der Waals surface area contributed by atoms with E-state index in [9.17, 15) is 30.0 Å². The highest BCUT2D eigenvalue weighted by Gasteiger charge is 2.27. The molecule has 0 spiro atoms. The number of rotatable bonds is 6. The second-order valence-electron chi connectivity index (χ2n) is 5.53. The molecule has 0 aliphatic carbocycles. The number of benzene rings is 2. The second-order valence-corrected chi connectivity index (χ2v) is 9.88. The summed E-state index contributed by atoms with van der Waals surface area (Å²) in [4.78, 5) is -0.673. The zero-order valence-corrected chi connectivity index (χ0v) is 16.1. The van der Waals surface area contributed by atoms with Gasteiger partial charge in [-0.1, -0.05) is 18.2 Å². The van der Waals surface area contributed by atoms with E-state index in [2.05, 4.69) is 4.74 Å². The lowest BCUT2D eigenvalue weighted by molar-refractivity contribution is -0.0668. The van der Waals surface area contributed by atoms with E-state index in [0.29, 0.717) is 3.97 Å². The first-order valence-electron chi connectivity index (χ1n) is 7.51. The molecule has 0 fully saturated rings. The average Bonchev–Trinajstić information content (AvgIpc) is 3.02. The fraction of sp³-hybridized carbons (Fsp3) is 0.125. The van der Waals surface area contributed by atoms with Crippen LogP contribution in [-0.4, -0.2) is 33.6 Å². The van der Waals surface area contributed by atoms with Crippen LogP contribution >= 0.6 is 10.7 Å². The van der Waals surface area contributed by atoms with Gasteiger partial charge in [-0.15, -0.1) is 0 Å². The number of halogens is 4. The van der Waals surface area contributed by atoms with Crippen molar-refractivity contribution in [2.24, 2.45) is 0 Å². The van der Waals surface area contributed by atoms with E-state index < -0.39 is 42.5 Å². The molecule has 0 bridgehead atoms. The molecular weight excluding hydrogens is 443 g/mol. The normalized spacial score (nSPS) is 13.8. The predicted molar refractivity (Wildman–Crippen MR) is 95.5 cm³/mol. The molecule has 3 rings (SSSR count). The van der Waals surface area contributed by atoms with Crippen LogP contribution in [0, 0.1) is 0 Å². The summed E-state index contributed by atoms with van der Waals surface area (Å²) in [5.74, 6) is -0.415. The third-order valence-electron chi connectivity index (χ3n) is 3.72. The van der Waals surface area contributed by atoms with Gasteiger partial charge in [-0.2, -0.15) is 4.39 Å². The van der Waals surface area contributed by atoms with Gasteiger partial charge in [0.25, 0.3) is 25.4 Å². The van der Waals surface area contributed by atoms with Crippen LogP contribution in [0.4, 0.5) is 13.2 Å². The molecule has 6 nitrogen and oxygen atoms in total. The minimum atomic E-state index is -4.35. The molecular formula is C16H11ClF3NO5S2. The number of hydrogen-bond acceptors (Lipinski definition) is 5. The van der Waals surface area contributed by atoms with Crippen LogP contribution in [0.3, 0.4) is 0 Å². The predicted octanol–water partition coefficient (Wildman–Crippen LogP) is 3.75. The number of fused-ring (bicyclic) bond motifs is 1. The molecule has 0 N–H and O–H groups in total. The maximum absolute atomic E-state index is 13.2. The maximum Gasteiger partial charge on any atom is 0.304 e. The van der Waals surface area contributed by atoms with E-state index in [-0.39, 0.29) is 15.8 Å². The van der Waals surface area contributed by atoms with E-state index in [1.165, 1.54) is 24.3 Å². The standard InChI is InChI=1S/C16H11ClF3NO5S2/c17-27(22,23)14-9-21(28(24,25)11-4-2-1-3-5-11)13-8-10(6-7-12(13)14)26-16(20)15(18)19/h1-9,15-16H. The van der Waals surface area contributed by atoms with Crippen molar-refractivity contribution < 1.29 is 34.7 Å². The molecule has 1 atom stereocenters. The lowest BCUT2D eigenvalue weighted by Crippen LogP contribution is -2.19. The smallest absolute Gasteiger partial charge is 0.304 e. The summed E-state index contributed by atoms with van der Waals surface area (Å²) in [6.45, 7) is 0. The highest BCUT2D eigenvalue weighted by molar-refractivity contribution is 8.14. The quantitative estimate of drug-likeness (QED) is 0.531. The first-order chi connectivity index (χ1) is 13.0. The van der Waals surface area contributed by atoms with Crippen LogP contribution < -0.4 is 4.74 Å². The molecule has 2 aromatic carbocycles. The number of aromatic nitrogens is 1. The lowest BCUT2D eigenvalue weighted by Gasteiger charge is -2.11. The molecule has 3 aromatic rings. The van der Waals surface area contributed by atoms with E-state index in [1.54, 1.807) is 6.07 Å². The minimum Gasteiger partial charge on any atom is -0.454 e. The summed E-state index contributed by atoms with van der Waals surface area (Å²) < 4.78 is 92.5. The molecule has 28 heavy (non-hydrogen) atoms. The number of ether oxygens (including phenoxy) is 1. The van der Waals surface area contributed by atoms with Gasteiger partial charge in [0.05, 0.1) is 10.4 Å². The minimum absolute atomic E-state index is 0.102. The monoisotopic (exact) mass is 453 g/mol. The zero-order chi connectivity index (χ0) is 20.7. The Morgan fingerprint density at radius 2 is 1.61 bits per heavy atom. The Balaban J connectivity index is 2.26. The van der Waals surface area contributed by atoms with Gasteiger partial charge in [-0.05, 0) is 24.3 Å². The van der Waals surface area contributed by atoms with Crippen LogP contribution in [0.15, 0.2) is 64.5 Å². The molecule has 150 valence electrons. The van der Waals surface area contributed by atoms with E-state index >= 15 is 0 Å². The van der Waals surface area contributed by atoms with Gasteiger partial charge in [-0.3, -0.25) is 0 Å². The third-order valence-corrected chi connectivity index (χ3v) is 6.75. The van der Waals surface area contributed by atoms with Crippen LogP contribution in [0.25, 0.3) is 10.9 Å². The van der Waals surface area contributed by atoms with Crippen molar-refractivity contribution in [1.82, 2.24) is 3.97 Å². The lowest BCUT2D eigenvalue weighted by atomic mass is 10.2. The number of alkyl halides is 3. The summed E-state index contributed by atoms with van der Waals surface area (Å²) >= 11 is 0. The van der Waals surface area contributed by atoms with Gasteiger partial charge < -0.3 is 4.74 Å². The number of nitrogens with zero attached hydrogens (tertiary/aromatic N) is 1. The van der Waals surface area contributed by atoms with Crippen LogP contribution in [0.5, 0.6) is 5.75 Å². The molecule has 1 unspecified atom stereocenters. The third kappa shape index (κ3) is 3.82. The fourth-order valence-electron chi connectivity index (χ4n) is 2.50. The number of hydrogen-bond donors (Lipinski definition) is 0. The first-order valence-corrected chi connectivity index (χ1v) is 11.3. The van der Waals surface area contributed by atoms with Crippen LogP contribution in [-0.2, 0) is 19.1 Å². The molecule has 1 heterocycles. The van der Waals surface area contributed by atoms with Crippen molar-refractivity contribution in [2.75, 3.05) is 0 Å². The summed E-state index contributed by atoms with van der Waals surface area (Å²) in [7, 11) is -3.23. The van der Waals surface area contributed by atoms with Crippen molar-refractivity contribution in [1.29, 1.82) is 0 Å². The Morgan fingerprint density at radius 1 is 0.964 bits per heavy atom. The summed E-state index contributed by atoms with van der Waals surface area (Å²) in [6, 6.07) is 10.1. The average molecular weight is 454 g/mol. The molecule has 0 aliphatic rings. The topological polar surface area (TPSA) is 82.4 Å². The fourth-order valence-corrected chi connectivity index (χ4v) is 4.99. The maximum atomic E-state index is 13.2. The van der Waals surface area contributed by atoms with Gasteiger partial charge in [0.1, 0.15) is 10.6 Å².